The molecule has 1 fully saturated rings. The fraction of sp³-hybridized carbons (Fsp3) is 0.324. The van der Waals surface area contributed by atoms with E-state index >= 15 is 0 Å². The molecule has 3 atom stereocenters. The van der Waals surface area contributed by atoms with E-state index in [1.165, 1.54) is 6.92 Å². The minimum absolute atomic E-state index is 0.0251. The molecule has 2 bridgehead atoms. The smallest absolute Gasteiger partial charge is 0.329 e. The molecule has 9 heteroatoms. The number of nitrogens with zero attached hydrogens (tertiary/aromatic N) is 1. The first-order valence-corrected chi connectivity index (χ1v) is 14.5. The van der Waals surface area contributed by atoms with Crippen molar-refractivity contribution in [2.24, 2.45) is 17.8 Å². The van der Waals surface area contributed by atoms with Gasteiger partial charge in [-0.25, -0.2) is 4.79 Å². The first kappa shape index (κ1) is 28.3. The Labute approximate surface area is 249 Å². The lowest BCUT2D eigenvalue weighted by atomic mass is 9.55. The zero-order valence-corrected chi connectivity index (χ0v) is 24.2. The van der Waals surface area contributed by atoms with Gasteiger partial charge in [0.1, 0.15) is 6.04 Å². The van der Waals surface area contributed by atoms with E-state index < -0.39 is 36.4 Å². The van der Waals surface area contributed by atoms with E-state index in [-0.39, 0.29) is 41.9 Å². The van der Waals surface area contributed by atoms with Gasteiger partial charge in [0.15, 0.2) is 6.61 Å². The number of esters is 1. The Morgan fingerprint density at radius 1 is 0.744 bits per heavy atom. The lowest BCUT2D eigenvalue weighted by Crippen LogP contribution is -2.47. The zero-order valence-electron chi connectivity index (χ0n) is 24.2. The van der Waals surface area contributed by atoms with Crippen molar-refractivity contribution in [2.75, 3.05) is 17.2 Å². The number of carbonyl (C=O) groups is 5. The Bertz CT molecular complexity index is 1520. The Balaban J connectivity index is 1.21. The van der Waals surface area contributed by atoms with Crippen molar-refractivity contribution in [3.63, 3.8) is 0 Å². The van der Waals surface area contributed by atoms with E-state index in [1.54, 1.807) is 24.3 Å². The molecule has 1 aliphatic heterocycles. The summed E-state index contributed by atoms with van der Waals surface area (Å²) in [4.78, 5) is 66.8. The van der Waals surface area contributed by atoms with Crippen LogP contribution in [-0.4, -0.2) is 47.1 Å². The fourth-order valence-electron chi connectivity index (χ4n) is 7.03. The predicted molar refractivity (Wildman–Crippen MR) is 159 cm³/mol. The highest BCUT2D eigenvalue weighted by atomic mass is 16.5. The van der Waals surface area contributed by atoms with Crippen molar-refractivity contribution < 1.29 is 28.7 Å². The van der Waals surface area contributed by atoms with E-state index in [0.29, 0.717) is 11.4 Å². The van der Waals surface area contributed by atoms with Gasteiger partial charge in [0.05, 0.1) is 11.8 Å². The number of hydrogen-bond acceptors (Lipinski definition) is 6. The summed E-state index contributed by atoms with van der Waals surface area (Å²) >= 11 is 0. The Hall–Kier alpha value is -4.79. The van der Waals surface area contributed by atoms with Crippen LogP contribution in [0.1, 0.15) is 61.3 Å². The molecule has 0 aromatic heterocycles. The van der Waals surface area contributed by atoms with E-state index in [2.05, 4.69) is 10.6 Å². The van der Waals surface area contributed by atoms with Gasteiger partial charge in [0.2, 0.25) is 17.7 Å². The highest BCUT2D eigenvalue weighted by Gasteiger charge is 2.63. The fourth-order valence-corrected chi connectivity index (χ4v) is 7.03. The molecule has 0 spiro atoms. The van der Waals surface area contributed by atoms with Gasteiger partial charge in [0.25, 0.3) is 5.91 Å². The molecule has 3 aliphatic carbocycles. The second kappa shape index (κ2) is 11.1. The third-order valence-electron chi connectivity index (χ3n) is 8.60. The molecule has 1 heterocycles. The van der Waals surface area contributed by atoms with Gasteiger partial charge in [0, 0.05) is 30.1 Å². The number of rotatable bonds is 8. The Kier molecular flexibility index (Phi) is 7.33. The van der Waals surface area contributed by atoms with E-state index in [1.807, 2.05) is 62.4 Å². The molecular weight excluding hydrogens is 546 g/mol. The van der Waals surface area contributed by atoms with Crippen LogP contribution in [0.5, 0.6) is 0 Å². The van der Waals surface area contributed by atoms with Crippen molar-refractivity contribution >= 4 is 41.0 Å². The summed E-state index contributed by atoms with van der Waals surface area (Å²) in [5.74, 6) is -4.07. The number of hydrogen-bond donors (Lipinski definition) is 2. The molecule has 9 nitrogen and oxygen atoms in total. The zero-order chi connectivity index (χ0) is 30.4. The third kappa shape index (κ3) is 4.98. The number of nitrogens with one attached hydrogen (secondary N) is 2. The van der Waals surface area contributed by atoms with Gasteiger partial charge in [-0.2, -0.15) is 0 Å². The Morgan fingerprint density at radius 3 is 1.60 bits per heavy atom. The topological polar surface area (TPSA) is 122 Å². The molecule has 0 saturated carbocycles. The first-order chi connectivity index (χ1) is 20.7. The molecular formula is C34H33N3O6. The number of likely N-dealkylation sites (tertiary alicyclic amines) is 1. The van der Waals surface area contributed by atoms with Crippen LogP contribution in [0.4, 0.5) is 11.4 Å². The van der Waals surface area contributed by atoms with E-state index in [0.717, 1.165) is 27.2 Å². The quantitative estimate of drug-likeness (QED) is 0.301. The molecule has 220 valence electrons. The summed E-state index contributed by atoms with van der Waals surface area (Å²) in [5.41, 5.74) is 5.26. The van der Waals surface area contributed by atoms with Crippen LogP contribution in [0.2, 0.25) is 0 Å². The Morgan fingerprint density at radius 2 is 1.19 bits per heavy atom. The van der Waals surface area contributed by atoms with Gasteiger partial charge >= 0.3 is 5.97 Å². The van der Waals surface area contributed by atoms with Crippen LogP contribution in [0.3, 0.4) is 0 Å². The maximum Gasteiger partial charge on any atom is 0.329 e. The number of imide groups is 1. The SMILES string of the molecule is CC(=O)Nc1ccc(NC(=O)COC(=O)[C@H](CC(C)C)N2C(=O)[C@@H]3C4c5ccccc5C(c5ccccc54)[C@@H]3C2=O)cc1. The number of benzene rings is 3. The molecule has 4 amide bonds. The van der Waals surface area contributed by atoms with Crippen LogP contribution < -0.4 is 10.6 Å². The van der Waals surface area contributed by atoms with Crippen LogP contribution in [0.15, 0.2) is 72.8 Å². The van der Waals surface area contributed by atoms with Crippen molar-refractivity contribution in [2.45, 2.75) is 45.1 Å². The molecule has 0 radical (unpaired) electrons. The summed E-state index contributed by atoms with van der Waals surface area (Å²) in [6.45, 7) is 4.64. The van der Waals surface area contributed by atoms with Crippen LogP contribution in [0.25, 0.3) is 0 Å². The van der Waals surface area contributed by atoms with Gasteiger partial charge in [-0.1, -0.05) is 62.4 Å². The second-order valence-electron chi connectivity index (χ2n) is 11.9. The molecule has 0 unspecified atom stereocenters. The first-order valence-electron chi connectivity index (χ1n) is 14.5. The van der Waals surface area contributed by atoms with Crippen molar-refractivity contribution in [3.8, 4) is 0 Å². The summed E-state index contributed by atoms with van der Waals surface area (Å²) in [6.07, 6.45) is 0.219. The summed E-state index contributed by atoms with van der Waals surface area (Å²) in [5, 5.41) is 5.29. The molecule has 1 saturated heterocycles. The second-order valence-corrected chi connectivity index (χ2v) is 11.9. The average molecular weight is 580 g/mol. The average Bonchev–Trinajstić information content (AvgIpc) is 3.25. The van der Waals surface area contributed by atoms with E-state index in [9.17, 15) is 24.0 Å². The molecule has 4 aliphatic rings. The van der Waals surface area contributed by atoms with Crippen molar-refractivity contribution in [3.05, 3.63) is 95.1 Å². The molecule has 43 heavy (non-hydrogen) atoms. The predicted octanol–water partition coefficient (Wildman–Crippen LogP) is 4.43. The standard InChI is InChI=1S/C34H33N3O6/c1-18(2)16-26(34(42)43-17-27(39)36-21-14-12-20(13-15-21)35-19(3)38)37-32(40)30-28-22-8-4-5-9-23(22)29(31(30)33(37)41)25-11-7-6-10-24(25)28/h4-15,18,26,28-31H,16-17H2,1-3H3,(H,35,38)(H,36,39)/t26-,28?,29?,30-,31+/m0/s1. The highest BCUT2D eigenvalue weighted by Crippen LogP contribution is 2.61. The molecule has 2 N–H and O–H groups in total. The summed E-state index contributed by atoms with van der Waals surface area (Å²) in [6, 6.07) is 21.3. The summed E-state index contributed by atoms with van der Waals surface area (Å²) in [7, 11) is 0. The largest absolute Gasteiger partial charge is 0.454 e. The number of anilines is 2. The monoisotopic (exact) mass is 579 g/mol. The lowest BCUT2D eigenvalue weighted by molar-refractivity contribution is -0.160. The van der Waals surface area contributed by atoms with Gasteiger partial charge in [-0.3, -0.25) is 24.1 Å². The van der Waals surface area contributed by atoms with Gasteiger partial charge < -0.3 is 15.4 Å². The van der Waals surface area contributed by atoms with Crippen molar-refractivity contribution in [1.29, 1.82) is 0 Å². The van der Waals surface area contributed by atoms with Gasteiger partial charge in [-0.15, -0.1) is 0 Å². The van der Waals surface area contributed by atoms with E-state index in [4.69, 9.17) is 4.74 Å². The van der Waals surface area contributed by atoms with Crippen molar-refractivity contribution in [1.82, 2.24) is 4.90 Å². The minimum atomic E-state index is -1.14. The number of amides is 4. The highest BCUT2D eigenvalue weighted by molar-refractivity contribution is 6.10. The maximum atomic E-state index is 14.2. The normalized spacial score (nSPS) is 22.0. The molecule has 3 aromatic rings. The molecule has 7 rings (SSSR count). The van der Waals surface area contributed by atoms with Crippen LogP contribution in [-0.2, 0) is 28.7 Å². The maximum absolute atomic E-state index is 14.2. The van der Waals surface area contributed by atoms with Crippen LogP contribution >= 0.6 is 0 Å². The number of carbonyl (C=O) groups excluding carboxylic acids is 5. The third-order valence-corrected chi connectivity index (χ3v) is 8.60. The number of ether oxygens (including phenoxy) is 1. The van der Waals surface area contributed by atoms with Crippen LogP contribution in [0, 0.1) is 17.8 Å². The molecule has 3 aromatic carbocycles. The lowest BCUT2D eigenvalue weighted by Gasteiger charge is -2.45. The minimum Gasteiger partial charge on any atom is -0.454 e. The summed E-state index contributed by atoms with van der Waals surface area (Å²) < 4.78 is 5.42. The van der Waals surface area contributed by atoms with Gasteiger partial charge in [-0.05, 0) is 58.9 Å².